The lowest BCUT2D eigenvalue weighted by atomic mass is 9.95. The highest BCUT2D eigenvalue weighted by molar-refractivity contribution is 5.97. The van der Waals surface area contributed by atoms with Gasteiger partial charge in [0.2, 0.25) is 12.7 Å². The molecule has 7 nitrogen and oxygen atoms in total. The summed E-state index contributed by atoms with van der Waals surface area (Å²) in [4.78, 5) is 28.0. The summed E-state index contributed by atoms with van der Waals surface area (Å²) in [7, 11) is 0. The van der Waals surface area contributed by atoms with Crippen molar-refractivity contribution in [2.75, 3.05) is 25.2 Å². The van der Waals surface area contributed by atoms with Crippen LogP contribution in [0.15, 0.2) is 48.5 Å². The Kier molecular flexibility index (Phi) is 5.77. The normalized spacial score (nSPS) is 15.4. The number of amides is 2. The van der Waals surface area contributed by atoms with Gasteiger partial charge in [-0.1, -0.05) is 18.2 Å². The Balaban J connectivity index is 1.24. The fourth-order valence-electron chi connectivity index (χ4n) is 4.90. The van der Waals surface area contributed by atoms with Crippen molar-refractivity contribution in [2.45, 2.75) is 33.6 Å². The number of rotatable bonds is 4. The maximum absolute atomic E-state index is 13.4. The fourth-order valence-corrected chi connectivity index (χ4v) is 4.90. The minimum Gasteiger partial charge on any atom is -0.454 e. The van der Waals surface area contributed by atoms with Gasteiger partial charge in [0.1, 0.15) is 0 Å². The first-order valence-corrected chi connectivity index (χ1v) is 11.7. The van der Waals surface area contributed by atoms with Gasteiger partial charge in [0.25, 0.3) is 5.91 Å². The molecule has 1 aromatic heterocycles. The summed E-state index contributed by atoms with van der Waals surface area (Å²) >= 11 is 0. The molecule has 1 N–H and O–H groups in total. The second-order valence-corrected chi connectivity index (χ2v) is 9.03. The van der Waals surface area contributed by atoms with E-state index < -0.39 is 0 Å². The Labute approximate surface area is 199 Å². The van der Waals surface area contributed by atoms with Gasteiger partial charge in [-0.25, -0.2) is 0 Å². The molecular formula is C27H29N3O4. The summed E-state index contributed by atoms with van der Waals surface area (Å²) in [5.74, 6) is 1.20. The number of aromatic nitrogens is 1. The molecule has 0 radical (unpaired) electrons. The number of likely N-dealkylation sites (tertiary alicyclic amines) is 1. The molecule has 0 unspecified atom stereocenters. The van der Waals surface area contributed by atoms with E-state index in [4.69, 9.17) is 9.47 Å². The number of benzene rings is 2. The molecule has 5 rings (SSSR count). The van der Waals surface area contributed by atoms with Crippen molar-refractivity contribution >= 4 is 17.5 Å². The third kappa shape index (κ3) is 4.02. The molecule has 176 valence electrons. The molecule has 2 aliphatic heterocycles. The molecule has 0 saturated carbocycles. The standard InChI is InChI=1S/C27H29N3O4/c1-17-6-4-5-7-23(17)30-18(2)14-22(19(30)3)27(32)29-12-10-20(11-13-29)26(31)28-21-8-9-24-25(15-21)34-16-33-24/h4-9,14-15,20H,10-13,16H2,1-3H3,(H,28,31). The lowest BCUT2D eigenvalue weighted by Gasteiger charge is -2.31. The molecule has 34 heavy (non-hydrogen) atoms. The van der Waals surface area contributed by atoms with Gasteiger partial charge >= 0.3 is 0 Å². The van der Waals surface area contributed by atoms with Gasteiger partial charge in [0.15, 0.2) is 11.5 Å². The maximum atomic E-state index is 13.4. The van der Waals surface area contributed by atoms with Crippen molar-refractivity contribution in [1.29, 1.82) is 0 Å². The minimum atomic E-state index is -0.131. The third-order valence-corrected chi connectivity index (χ3v) is 6.81. The number of carbonyl (C=O) groups is 2. The van der Waals surface area contributed by atoms with E-state index in [0.717, 1.165) is 28.2 Å². The zero-order valence-corrected chi connectivity index (χ0v) is 19.8. The monoisotopic (exact) mass is 459 g/mol. The first kappa shape index (κ1) is 22.1. The van der Waals surface area contributed by atoms with Gasteiger partial charge in [-0.15, -0.1) is 0 Å². The SMILES string of the molecule is Cc1ccccc1-n1c(C)cc(C(=O)N2CCC(C(=O)Nc3ccc4c(c3)OCO4)CC2)c1C. The molecule has 7 heteroatoms. The lowest BCUT2D eigenvalue weighted by Crippen LogP contribution is -2.41. The van der Waals surface area contributed by atoms with Gasteiger partial charge < -0.3 is 24.3 Å². The Bertz CT molecular complexity index is 1250. The quantitative estimate of drug-likeness (QED) is 0.618. The van der Waals surface area contributed by atoms with Crippen LogP contribution in [0.2, 0.25) is 0 Å². The number of ether oxygens (including phenoxy) is 2. The van der Waals surface area contributed by atoms with Crippen molar-refractivity contribution in [2.24, 2.45) is 5.92 Å². The lowest BCUT2D eigenvalue weighted by molar-refractivity contribution is -0.121. The number of hydrogen-bond donors (Lipinski definition) is 1. The molecule has 0 aliphatic carbocycles. The van der Waals surface area contributed by atoms with E-state index >= 15 is 0 Å². The van der Waals surface area contributed by atoms with Crippen molar-refractivity contribution in [1.82, 2.24) is 9.47 Å². The van der Waals surface area contributed by atoms with Gasteiger partial charge in [0.05, 0.1) is 5.56 Å². The average Bonchev–Trinajstić information content (AvgIpc) is 3.42. The smallest absolute Gasteiger partial charge is 0.255 e. The van der Waals surface area contributed by atoms with Crippen LogP contribution in [-0.4, -0.2) is 41.2 Å². The largest absolute Gasteiger partial charge is 0.454 e. The Morgan fingerprint density at radius 3 is 2.44 bits per heavy atom. The molecule has 1 saturated heterocycles. The molecule has 1 fully saturated rings. The Morgan fingerprint density at radius 1 is 0.941 bits per heavy atom. The van der Waals surface area contributed by atoms with Crippen LogP contribution >= 0.6 is 0 Å². The van der Waals surface area contributed by atoms with Crippen LogP contribution in [0.1, 0.15) is 40.2 Å². The van der Waals surface area contributed by atoms with Crippen LogP contribution in [-0.2, 0) is 4.79 Å². The summed E-state index contributed by atoms with van der Waals surface area (Å²) in [6.45, 7) is 7.43. The number of aryl methyl sites for hydroxylation is 2. The van der Waals surface area contributed by atoms with Crippen LogP contribution in [0, 0.1) is 26.7 Å². The second-order valence-electron chi connectivity index (χ2n) is 9.03. The van der Waals surface area contributed by atoms with Gasteiger partial charge in [0, 0.05) is 47.8 Å². The number of hydrogen-bond acceptors (Lipinski definition) is 4. The molecule has 2 aromatic carbocycles. The Hall–Kier alpha value is -3.74. The minimum absolute atomic E-state index is 0.0244. The predicted octanol–water partition coefficient (Wildman–Crippen LogP) is 4.62. The van der Waals surface area contributed by atoms with Gasteiger partial charge in [-0.2, -0.15) is 0 Å². The number of piperidine rings is 1. The summed E-state index contributed by atoms with van der Waals surface area (Å²) in [6, 6.07) is 15.6. The first-order chi connectivity index (χ1) is 16.4. The fraction of sp³-hybridized carbons (Fsp3) is 0.333. The highest BCUT2D eigenvalue weighted by Crippen LogP contribution is 2.34. The van der Waals surface area contributed by atoms with Gasteiger partial charge in [-0.05, 0) is 63.4 Å². The molecule has 2 aliphatic rings. The number of para-hydroxylation sites is 1. The topological polar surface area (TPSA) is 72.8 Å². The molecule has 0 spiro atoms. The van der Waals surface area contributed by atoms with E-state index in [2.05, 4.69) is 28.9 Å². The first-order valence-electron chi connectivity index (χ1n) is 11.7. The molecule has 0 atom stereocenters. The number of nitrogens with one attached hydrogen (secondary N) is 1. The molecular weight excluding hydrogens is 430 g/mol. The predicted molar refractivity (Wildman–Crippen MR) is 130 cm³/mol. The van der Waals surface area contributed by atoms with Crippen molar-refractivity contribution in [3.8, 4) is 17.2 Å². The number of nitrogens with zero attached hydrogens (tertiary/aromatic N) is 2. The summed E-state index contributed by atoms with van der Waals surface area (Å²) < 4.78 is 12.9. The van der Waals surface area contributed by atoms with E-state index in [-0.39, 0.29) is 24.5 Å². The second kappa shape index (κ2) is 8.89. The zero-order valence-electron chi connectivity index (χ0n) is 19.8. The maximum Gasteiger partial charge on any atom is 0.255 e. The van der Waals surface area contributed by atoms with Gasteiger partial charge in [-0.3, -0.25) is 9.59 Å². The summed E-state index contributed by atoms with van der Waals surface area (Å²) in [5, 5.41) is 2.98. The van der Waals surface area contributed by atoms with E-state index in [0.29, 0.717) is 43.1 Å². The highest BCUT2D eigenvalue weighted by Gasteiger charge is 2.30. The van der Waals surface area contributed by atoms with Crippen LogP contribution < -0.4 is 14.8 Å². The van der Waals surface area contributed by atoms with Crippen LogP contribution in [0.4, 0.5) is 5.69 Å². The van der Waals surface area contributed by atoms with E-state index in [1.807, 2.05) is 43.0 Å². The third-order valence-electron chi connectivity index (χ3n) is 6.81. The van der Waals surface area contributed by atoms with E-state index in [1.165, 1.54) is 0 Å². The van der Waals surface area contributed by atoms with Crippen LogP contribution in [0.3, 0.4) is 0 Å². The van der Waals surface area contributed by atoms with E-state index in [1.54, 1.807) is 12.1 Å². The highest BCUT2D eigenvalue weighted by atomic mass is 16.7. The molecule has 2 amide bonds. The number of fused-ring (bicyclic) bond motifs is 1. The average molecular weight is 460 g/mol. The van der Waals surface area contributed by atoms with Crippen molar-refractivity contribution in [3.63, 3.8) is 0 Å². The Morgan fingerprint density at radius 2 is 1.68 bits per heavy atom. The molecule has 3 aromatic rings. The zero-order chi connectivity index (χ0) is 23.8. The van der Waals surface area contributed by atoms with Crippen molar-refractivity contribution in [3.05, 3.63) is 71.0 Å². The van der Waals surface area contributed by atoms with Crippen LogP contribution in [0.25, 0.3) is 5.69 Å². The van der Waals surface area contributed by atoms with Crippen LogP contribution in [0.5, 0.6) is 11.5 Å². The van der Waals surface area contributed by atoms with E-state index in [9.17, 15) is 9.59 Å². The molecule has 3 heterocycles. The summed E-state index contributed by atoms with van der Waals surface area (Å²) in [5.41, 5.74) is 5.65. The summed E-state index contributed by atoms with van der Waals surface area (Å²) in [6.07, 6.45) is 1.28. The number of anilines is 1. The molecule has 0 bridgehead atoms. The van der Waals surface area contributed by atoms with Crippen molar-refractivity contribution < 1.29 is 19.1 Å². The number of carbonyl (C=O) groups excluding carboxylic acids is 2.